The van der Waals surface area contributed by atoms with Gasteiger partial charge in [0.25, 0.3) is 0 Å². The monoisotopic (exact) mass is 334 g/mol. The van der Waals surface area contributed by atoms with E-state index in [2.05, 4.69) is 79.3 Å². The Hall–Kier alpha value is -0.780. The minimum atomic E-state index is 0.669. The van der Waals surface area contributed by atoms with Crippen LogP contribution in [-0.4, -0.2) is 0 Å². The molecular formula is C24H46. The fourth-order valence-electron chi connectivity index (χ4n) is 3.10. The van der Waals surface area contributed by atoms with Gasteiger partial charge in [-0.1, -0.05) is 98.3 Å². The number of hydrogen-bond acceptors (Lipinski definition) is 0. The highest BCUT2D eigenvalue weighted by Crippen LogP contribution is 2.41. The second-order valence-electron chi connectivity index (χ2n) is 7.92. The molecule has 0 amide bonds. The molecule has 0 aromatic heterocycles. The molecule has 142 valence electrons. The summed E-state index contributed by atoms with van der Waals surface area (Å²) in [5.41, 5.74) is 1.16. The van der Waals surface area contributed by atoms with Gasteiger partial charge in [-0.3, -0.25) is 0 Å². The number of allylic oxidation sites excluding steroid dienone is 5. The second-order valence-corrected chi connectivity index (χ2v) is 7.92. The van der Waals surface area contributed by atoms with Gasteiger partial charge < -0.3 is 0 Å². The van der Waals surface area contributed by atoms with E-state index >= 15 is 0 Å². The lowest BCUT2D eigenvalue weighted by Crippen LogP contribution is -2.13. The van der Waals surface area contributed by atoms with Crippen LogP contribution in [0, 0.1) is 29.6 Å². The molecular weight excluding hydrogens is 288 g/mol. The molecule has 0 spiro atoms. The van der Waals surface area contributed by atoms with E-state index in [1.807, 2.05) is 13.8 Å². The summed E-state index contributed by atoms with van der Waals surface area (Å²) in [6.45, 7) is 23.5. The van der Waals surface area contributed by atoms with Crippen molar-refractivity contribution >= 4 is 0 Å². The summed E-state index contributed by atoms with van der Waals surface area (Å²) in [6, 6.07) is 0. The molecule has 0 nitrogen and oxygen atoms in total. The first-order valence-corrected chi connectivity index (χ1v) is 10.3. The molecule has 0 heteroatoms. The molecule has 1 aliphatic carbocycles. The molecule has 0 aromatic rings. The zero-order valence-electron chi connectivity index (χ0n) is 18.2. The molecule has 0 saturated heterocycles. The van der Waals surface area contributed by atoms with Crippen LogP contribution in [-0.2, 0) is 0 Å². The van der Waals surface area contributed by atoms with Gasteiger partial charge in [-0.15, -0.1) is 0 Å². The molecule has 0 bridgehead atoms. The highest BCUT2D eigenvalue weighted by molar-refractivity contribution is 5.13. The van der Waals surface area contributed by atoms with Crippen molar-refractivity contribution in [3.63, 3.8) is 0 Å². The predicted molar refractivity (Wildman–Crippen MR) is 114 cm³/mol. The number of rotatable bonds is 6. The summed E-state index contributed by atoms with van der Waals surface area (Å²) in [6.07, 6.45) is 14.7. The normalized spacial score (nSPS) is 24.5. The highest BCUT2D eigenvalue weighted by Gasteiger charge is 2.32. The van der Waals surface area contributed by atoms with Crippen molar-refractivity contribution < 1.29 is 0 Å². The van der Waals surface area contributed by atoms with Crippen LogP contribution in [0.4, 0.5) is 0 Å². The fraction of sp³-hybridized carbons (Fsp3) is 0.750. The van der Waals surface area contributed by atoms with Gasteiger partial charge in [-0.25, -0.2) is 0 Å². The lowest BCUT2D eigenvalue weighted by Gasteiger charge is -2.21. The number of hydrogen-bond donors (Lipinski definition) is 0. The molecule has 0 radical (unpaired) electrons. The zero-order valence-corrected chi connectivity index (χ0v) is 18.2. The van der Waals surface area contributed by atoms with Crippen molar-refractivity contribution in [1.82, 2.24) is 0 Å². The molecule has 1 aliphatic rings. The SMILES string of the molecule is C=C(C)/C=C/[C@@H](C)C1C[C@@H](C)CC1/C=C/CCC.CC.CC(C)C. The van der Waals surface area contributed by atoms with E-state index in [9.17, 15) is 0 Å². The third kappa shape index (κ3) is 13.6. The average Bonchev–Trinajstić information content (AvgIpc) is 2.87. The van der Waals surface area contributed by atoms with E-state index in [0.29, 0.717) is 5.92 Å². The van der Waals surface area contributed by atoms with E-state index < -0.39 is 0 Å². The first-order chi connectivity index (χ1) is 11.3. The number of unbranched alkanes of at least 4 members (excludes halogenated alkanes) is 1. The van der Waals surface area contributed by atoms with Gasteiger partial charge in [-0.2, -0.15) is 0 Å². The van der Waals surface area contributed by atoms with Crippen LogP contribution in [0.2, 0.25) is 0 Å². The topological polar surface area (TPSA) is 0 Å². The van der Waals surface area contributed by atoms with Gasteiger partial charge in [0.2, 0.25) is 0 Å². The summed E-state index contributed by atoms with van der Waals surface area (Å²) in [7, 11) is 0. The Bertz CT molecular complexity index is 342. The molecule has 24 heavy (non-hydrogen) atoms. The smallest absolute Gasteiger partial charge is 0.0197 e. The van der Waals surface area contributed by atoms with Crippen molar-refractivity contribution in [1.29, 1.82) is 0 Å². The van der Waals surface area contributed by atoms with E-state index in [1.54, 1.807) is 0 Å². The van der Waals surface area contributed by atoms with E-state index in [1.165, 1.54) is 25.7 Å². The van der Waals surface area contributed by atoms with Gasteiger partial charge >= 0.3 is 0 Å². The van der Waals surface area contributed by atoms with Crippen LogP contribution in [0.5, 0.6) is 0 Å². The third-order valence-corrected chi connectivity index (χ3v) is 4.10. The second kappa shape index (κ2) is 15.7. The molecule has 1 fully saturated rings. The summed E-state index contributed by atoms with van der Waals surface area (Å²) in [5.74, 6) is 4.00. The van der Waals surface area contributed by atoms with Crippen LogP contribution < -0.4 is 0 Å². The van der Waals surface area contributed by atoms with Crippen molar-refractivity contribution in [3.05, 3.63) is 36.5 Å². The van der Waals surface area contributed by atoms with Crippen molar-refractivity contribution in [2.75, 3.05) is 0 Å². The first kappa shape index (κ1) is 25.5. The van der Waals surface area contributed by atoms with Gasteiger partial charge in [0.1, 0.15) is 0 Å². The molecule has 0 heterocycles. The van der Waals surface area contributed by atoms with Gasteiger partial charge in [0.05, 0.1) is 0 Å². The molecule has 0 aromatic carbocycles. The van der Waals surface area contributed by atoms with E-state index in [-0.39, 0.29) is 0 Å². The standard InChI is InChI=1S/C18H30.C4H10.C2H6/c1-6-7-8-9-17-12-15(4)13-18(17)16(5)11-10-14(2)3;1-4(2)3;1-2/h8-11,15-18H,2,6-7,12-13H2,1,3-5H3;4H,1-3H3;1-2H3/b9-8+,11-10+;;/t15-,16+,17?,18?;;/m0../s1. The Kier molecular flexibility index (Phi) is 16.7. The van der Waals surface area contributed by atoms with Gasteiger partial charge in [-0.05, 0) is 55.8 Å². The van der Waals surface area contributed by atoms with Crippen LogP contribution in [0.15, 0.2) is 36.5 Å². The summed E-state index contributed by atoms with van der Waals surface area (Å²) in [4.78, 5) is 0. The molecule has 0 aliphatic heterocycles. The molecule has 1 saturated carbocycles. The highest BCUT2D eigenvalue weighted by atomic mass is 14.4. The molecule has 0 N–H and O–H groups in total. The molecule has 1 rings (SSSR count). The maximum atomic E-state index is 3.95. The molecule has 4 atom stereocenters. The molecule has 2 unspecified atom stereocenters. The lowest BCUT2D eigenvalue weighted by atomic mass is 9.84. The Morgan fingerprint density at radius 2 is 1.67 bits per heavy atom. The van der Waals surface area contributed by atoms with Gasteiger partial charge in [0.15, 0.2) is 0 Å². The van der Waals surface area contributed by atoms with Crippen molar-refractivity contribution in [2.24, 2.45) is 29.6 Å². The quantitative estimate of drug-likeness (QED) is 0.337. The first-order valence-electron chi connectivity index (χ1n) is 10.3. The maximum Gasteiger partial charge on any atom is -0.0197 e. The Labute approximate surface area is 154 Å². The van der Waals surface area contributed by atoms with Crippen LogP contribution in [0.1, 0.15) is 88.0 Å². The van der Waals surface area contributed by atoms with Crippen molar-refractivity contribution in [3.8, 4) is 0 Å². The minimum absolute atomic E-state index is 0.669. The minimum Gasteiger partial charge on any atom is -0.0961 e. The van der Waals surface area contributed by atoms with Crippen LogP contribution in [0.3, 0.4) is 0 Å². The lowest BCUT2D eigenvalue weighted by molar-refractivity contribution is 0.365. The van der Waals surface area contributed by atoms with Crippen molar-refractivity contribution in [2.45, 2.75) is 88.0 Å². The Balaban J connectivity index is 0. The van der Waals surface area contributed by atoms with Gasteiger partial charge in [0, 0.05) is 0 Å². The van der Waals surface area contributed by atoms with Crippen LogP contribution in [0.25, 0.3) is 0 Å². The van der Waals surface area contributed by atoms with E-state index in [0.717, 1.165) is 29.2 Å². The average molecular weight is 335 g/mol. The fourth-order valence-corrected chi connectivity index (χ4v) is 3.10. The summed E-state index contributed by atoms with van der Waals surface area (Å²) >= 11 is 0. The Morgan fingerprint density at radius 1 is 1.12 bits per heavy atom. The van der Waals surface area contributed by atoms with Crippen LogP contribution >= 0.6 is 0 Å². The summed E-state index contributed by atoms with van der Waals surface area (Å²) < 4.78 is 0. The largest absolute Gasteiger partial charge is 0.0961 e. The summed E-state index contributed by atoms with van der Waals surface area (Å²) in [5, 5.41) is 0. The Morgan fingerprint density at radius 3 is 2.12 bits per heavy atom. The maximum absolute atomic E-state index is 3.95. The third-order valence-electron chi connectivity index (χ3n) is 4.10. The zero-order chi connectivity index (χ0) is 19.1. The van der Waals surface area contributed by atoms with E-state index in [4.69, 9.17) is 0 Å². The predicted octanol–water partition coefficient (Wildman–Crippen LogP) is 8.46.